The van der Waals surface area contributed by atoms with E-state index in [1.165, 1.54) is 13.4 Å². The molecule has 0 aliphatic heterocycles. The van der Waals surface area contributed by atoms with Gasteiger partial charge in [0.1, 0.15) is 0 Å². The number of esters is 1. The van der Waals surface area contributed by atoms with Crippen LogP contribution in [0.2, 0.25) is 0 Å². The SMILES string of the molecule is COC(=O)[C@@H](Cc1ccccc1)[C@H](C)NC(=O)c1ccco1. The largest absolute Gasteiger partial charge is 0.469 e. The molecule has 0 saturated carbocycles. The van der Waals surface area contributed by atoms with Gasteiger partial charge in [-0.2, -0.15) is 0 Å². The molecule has 2 rings (SSSR count). The third-order valence-corrected chi connectivity index (χ3v) is 3.51. The van der Waals surface area contributed by atoms with Gasteiger partial charge in [0.05, 0.1) is 19.3 Å². The number of hydrogen-bond donors (Lipinski definition) is 1. The summed E-state index contributed by atoms with van der Waals surface area (Å²) in [6, 6.07) is 12.5. The summed E-state index contributed by atoms with van der Waals surface area (Å²) < 4.78 is 9.92. The Bertz CT molecular complexity index is 607. The maximum Gasteiger partial charge on any atom is 0.311 e. The molecule has 0 saturated heterocycles. The lowest BCUT2D eigenvalue weighted by molar-refractivity contribution is -0.146. The van der Waals surface area contributed by atoms with Crippen LogP contribution < -0.4 is 5.32 Å². The number of methoxy groups -OCH3 is 1. The van der Waals surface area contributed by atoms with Crippen molar-refractivity contribution in [2.75, 3.05) is 7.11 Å². The molecule has 0 spiro atoms. The first kappa shape index (κ1) is 15.8. The van der Waals surface area contributed by atoms with Gasteiger partial charge in [-0.1, -0.05) is 30.3 Å². The zero-order valence-corrected chi connectivity index (χ0v) is 12.6. The van der Waals surface area contributed by atoms with E-state index in [1.54, 1.807) is 19.1 Å². The van der Waals surface area contributed by atoms with Crippen LogP contribution in [0.3, 0.4) is 0 Å². The molecule has 0 aliphatic carbocycles. The smallest absolute Gasteiger partial charge is 0.311 e. The van der Waals surface area contributed by atoms with Crippen molar-refractivity contribution in [2.45, 2.75) is 19.4 Å². The van der Waals surface area contributed by atoms with Crippen LogP contribution in [0.25, 0.3) is 0 Å². The van der Waals surface area contributed by atoms with E-state index in [1.807, 2.05) is 30.3 Å². The van der Waals surface area contributed by atoms with Crippen molar-refractivity contribution in [3.63, 3.8) is 0 Å². The molecule has 1 N–H and O–H groups in total. The Morgan fingerprint density at radius 2 is 1.91 bits per heavy atom. The molecule has 116 valence electrons. The molecule has 22 heavy (non-hydrogen) atoms. The van der Waals surface area contributed by atoms with Crippen molar-refractivity contribution in [3.05, 3.63) is 60.1 Å². The molecular weight excluding hydrogens is 282 g/mol. The van der Waals surface area contributed by atoms with Crippen molar-refractivity contribution < 1.29 is 18.7 Å². The Morgan fingerprint density at radius 1 is 1.18 bits per heavy atom. The van der Waals surface area contributed by atoms with Crippen LogP contribution in [0.1, 0.15) is 23.0 Å². The lowest BCUT2D eigenvalue weighted by atomic mass is 9.93. The highest BCUT2D eigenvalue weighted by molar-refractivity contribution is 5.92. The van der Waals surface area contributed by atoms with Gasteiger partial charge in [-0.15, -0.1) is 0 Å². The number of hydrogen-bond acceptors (Lipinski definition) is 4. The average molecular weight is 301 g/mol. The van der Waals surface area contributed by atoms with Crippen LogP contribution in [-0.2, 0) is 16.0 Å². The fourth-order valence-electron chi connectivity index (χ4n) is 2.27. The van der Waals surface area contributed by atoms with Gasteiger partial charge < -0.3 is 14.5 Å². The number of benzene rings is 1. The second-order valence-corrected chi connectivity index (χ2v) is 5.06. The molecule has 1 heterocycles. The predicted molar refractivity (Wildman–Crippen MR) is 81.3 cm³/mol. The van der Waals surface area contributed by atoms with Crippen LogP contribution in [0.4, 0.5) is 0 Å². The van der Waals surface area contributed by atoms with Crippen molar-refractivity contribution in [2.24, 2.45) is 5.92 Å². The van der Waals surface area contributed by atoms with Crippen molar-refractivity contribution >= 4 is 11.9 Å². The molecule has 2 aromatic rings. The maximum absolute atomic E-state index is 12.0. The maximum atomic E-state index is 12.0. The van der Waals surface area contributed by atoms with Gasteiger partial charge in [-0.25, -0.2) is 0 Å². The van der Waals surface area contributed by atoms with Crippen LogP contribution in [0.15, 0.2) is 53.1 Å². The Balaban J connectivity index is 2.07. The van der Waals surface area contributed by atoms with E-state index in [9.17, 15) is 9.59 Å². The quantitative estimate of drug-likeness (QED) is 0.832. The zero-order valence-electron chi connectivity index (χ0n) is 12.6. The second-order valence-electron chi connectivity index (χ2n) is 5.06. The normalized spacial score (nSPS) is 13.2. The number of amides is 1. The van der Waals surface area contributed by atoms with E-state index in [0.717, 1.165) is 5.56 Å². The monoisotopic (exact) mass is 301 g/mol. The molecule has 2 atom stereocenters. The third kappa shape index (κ3) is 3.97. The minimum Gasteiger partial charge on any atom is -0.469 e. The van der Waals surface area contributed by atoms with Crippen LogP contribution >= 0.6 is 0 Å². The van der Waals surface area contributed by atoms with Crippen molar-refractivity contribution in [1.82, 2.24) is 5.32 Å². The van der Waals surface area contributed by atoms with Crippen molar-refractivity contribution in [1.29, 1.82) is 0 Å². The summed E-state index contributed by atoms with van der Waals surface area (Å²) in [4.78, 5) is 24.1. The Kier molecular flexibility index (Phi) is 5.36. The molecule has 1 aromatic carbocycles. The first-order valence-corrected chi connectivity index (χ1v) is 7.08. The summed E-state index contributed by atoms with van der Waals surface area (Å²) in [5.74, 6) is -0.947. The first-order valence-electron chi connectivity index (χ1n) is 7.08. The first-order chi connectivity index (χ1) is 10.6. The van der Waals surface area contributed by atoms with Crippen LogP contribution in [0, 0.1) is 5.92 Å². The van der Waals surface area contributed by atoms with E-state index >= 15 is 0 Å². The second kappa shape index (κ2) is 7.45. The van der Waals surface area contributed by atoms with Crippen molar-refractivity contribution in [3.8, 4) is 0 Å². The lowest BCUT2D eigenvalue weighted by Crippen LogP contribution is -2.42. The van der Waals surface area contributed by atoms with E-state index in [-0.39, 0.29) is 23.7 Å². The lowest BCUT2D eigenvalue weighted by Gasteiger charge is -2.22. The molecule has 5 heteroatoms. The molecule has 1 aromatic heterocycles. The molecule has 0 fully saturated rings. The van der Waals surface area contributed by atoms with Gasteiger partial charge in [0.2, 0.25) is 0 Å². The minimum absolute atomic E-state index is 0.218. The molecule has 0 bridgehead atoms. The summed E-state index contributed by atoms with van der Waals surface area (Å²) in [5, 5.41) is 2.78. The number of nitrogens with one attached hydrogen (secondary N) is 1. The average Bonchev–Trinajstić information content (AvgIpc) is 3.07. The highest BCUT2D eigenvalue weighted by atomic mass is 16.5. The third-order valence-electron chi connectivity index (χ3n) is 3.51. The molecule has 0 unspecified atom stereocenters. The Hall–Kier alpha value is -2.56. The molecule has 0 aliphatic rings. The Morgan fingerprint density at radius 3 is 2.50 bits per heavy atom. The number of carbonyl (C=O) groups excluding carboxylic acids is 2. The summed E-state index contributed by atoms with van der Waals surface area (Å²) in [6.45, 7) is 1.78. The summed E-state index contributed by atoms with van der Waals surface area (Å²) in [7, 11) is 1.35. The highest BCUT2D eigenvalue weighted by Gasteiger charge is 2.28. The molecule has 1 amide bonds. The van der Waals surface area contributed by atoms with Gasteiger partial charge in [0.25, 0.3) is 5.91 Å². The van der Waals surface area contributed by atoms with E-state index in [0.29, 0.717) is 6.42 Å². The van der Waals surface area contributed by atoms with Crippen LogP contribution in [-0.4, -0.2) is 25.0 Å². The van der Waals surface area contributed by atoms with E-state index in [4.69, 9.17) is 9.15 Å². The van der Waals surface area contributed by atoms with Gasteiger partial charge in [0, 0.05) is 6.04 Å². The Labute approximate surface area is 129 Å². The summed E-state index contributed by atoms with van der Waals surface area (Å²) in [6.07, 6.45) is 1.93. The summed E-state index contributed by atoms with van der Waals surface area (Å²) in [5.41, 5.74) is 1.01. The molecular formula is C17H19NO4. The fraction of sp³-hybridized carbons (Fsp3) is 0.294. The minimum atomic E-state index is -0.466. The van der Waals surface area contributed by atoms with Crippen LogP contribution in [0.5, 0.6) is 0 Å². The number of ether oxygens (including phenoxy) is 1. The topological polar surface area (TPSA) is 68.5 Å². The molecule has 5 nitrogen and oxygen atoms in total. The van der Waals surface area contributed by atoms with Gasteiger partial charge in [-0.05, 0) is 31.0 Å². The molecule has 0 radical (unpaired) electrons. The number of carbonyl (C=O) groups is 2. The zero-order chi connectivity index (χ0) is 15.9. The standard InChI is InChI=1S/C17H19NO4/c1-12(18-16(19)15-9-6-10-22-15)14(17(20)21-2)11-13-7-4-3-5-8-13/h3-10,12,14H,11H2,1-2H3,(H,18,19)/t12-,14-/m0/s1. The van der Waals surface area contributed by atoms with Gasteiger partial charge in [0.15, 0.2) is 5.76 Å². The fourth-order valence-corrected chi connectivity index (χ4v) is 2.27. The van der Waals surface area contributed by atoms with E-state index in [2.05, 4.69) is 5.32 Å². The van der Waals surface area contributed by atoms with Gasteiger partial charge in [-0.3, -0.25) is 9.59 Å². The number of furan rings is 1. The number of rotatable bonds is 6. The van der Waals surface area contributed by atoms with Gasteiger partial charge >= 0.3 is 5.97 Å². The van der Waals surface area contributed by atoms with E-state index < -0.39 is 5.92 Å². The highest BCUT2D eigenvalue weighted by Crippen LogP contribution is 2.15. The summed E-state index contributed by atoms with van der Waals surface area (Å²) >= 11 is 0. The predicted octanol–water partition coefficient (Wildman–Crippen LogP) is 2.43.